The molecule has 2 N–H and O–H groups in total. The summed E-state index contributed by atoms with van der Waals surface area (Å²) >= 11 is 0. The number of aliphatic imine (C=N–C) groups is 1. The maximum absolute atomic E-state index is 14.9. The Morgan fingerprint density at radius 1 is 1.27 bits per heavy atom. The van der Waals surface area contributed by atoms with Crippen LogP contribution in [0.1, 0.15) is 41.1 Å². The van der Waals surface area contributed by atoms with E-state index < -0.39 is 38.8 Å². The smallest absolute Gasteiger partial charge is 0.239 e. The zero-order valence-corrected chi connectivity index (χ0v) is 21.1. The van der Waals surface area contributed by atoms with Gasteiger partial charge in [0, 0.05) is 19.5 Å². The van der Waals surface area contributed by atoms with Crippen molar-refractivity contribution in [1.29, 1.82) is 0 Å². The molecule has 1 aliphatic rings. The Morgan fingerprint density at radius 3 is 2.59 bits per heavy atom. The van der Waals surface area contributed by atoms with Gasteiger partial charge in [0.1, 0.15) is 29.3 Å². The number of guanidine groups is 1. The maximum atomic E-state index is 14.9. The lowest BCUT2D eigenvalue weighted by Crippen LogP contribution is -2.50. The van der Waals surface area contributed by atoms with Crippen LogP contribution in [0.5, 0.6) is 5.88 Å². The molecule has 3 heterocycles. The lowest BCUT2D eigenvalue weighted by molar-refractivity contribution is 0.286. The first-order valence-corrected chi connectivity index (χ1v) is 12.5. The van der Waals surface area contributed by atoms with E-state index in [4.69, 9.17) is 14.9 Å². The van der Waals surface area contributed by atoms with Gasteiger partial charge in [-0.15, -0.1) is 0 Å². The minimum Gasteiger partial charge on any atom is -0.470 e. The van der Waals surface area contributed by atoms with Gasteiger partial charge in [-0.05, 0) is 37.6 Å². The van der Waals surface area contributed by atoms with Crippen molar-refractivity contribution >= 4 is 27.9 Å². The number of halogens is 3. The molecule has 0 unspecified atom stereocenters. The largest absolute Gasteiger partial charge is 0.470 e. The van der Waals surface area contributed by atoms with Crippen LogP contribution in [0.3, 0.4) is 0 Å². The van der Waals surface area contributed by atoms with Crippen molar-refractivity contribution in [2.24, 2.45) is 10.7 Å². The van der Waals surface area contributed by atoms with Gasteiger partial charge in [0.05, 0.1) is 18.1 Å². The van der Waals surface area contributed by atoms with Crippen LogP contribution in [0.25, 0.3) is 11.9 Å². The standard InChI is InChI=1S/C23H23F3N6O4S/c1-12-19(30-13(2)36-12)10-35-20-9-28-18(8-29-20)16(24)6-14-5-15(21(26)17(25)7-14)23(3)11-37(33,34)32(4)22(27)31-23/h5-9H,10-11H2,1-4H3,(H2,27,31)/b16-6-/t23-/m0/s1. The lowest BCUT2D eigenvalue weighted by atomic mass is 9.92. The van der Waals surface area contributed by atoms with Crippen molar-refractivity contribution in [3.8, 4) is 5.88 Å². The van der Waals surface area contributed by atoms with Crippen molar-refractivity contribution in [3.63, 3.8) is 0 Å². The van der Waals surface area contributed by atoms with Gasteiger partial charge in [-0.25, -0.2) is 45.8 Å². The van der Waals surface area contributed by atoms with Crippen LogP contribution in [0.4, 0.5) is 13.2 Å². The number of benzene rings is 1. The summed E-state index contributed by atoms with van der Waals surface area (Å²) < 4.78 is 80.6. The first kappa shape index (κ1) is 26.1. The molecule has 0 saturated carbocycles. The van der Waals surface area contributed by atoms with Crippen LogP contribution < -0.4 is 10.5 Å². The zero-order chi connectivity index (χ0) is 27.1. The SMILES string of the molecule is Cc1nc(COc2cnc(/C(F)=C/c3cc(F)c(F)c([C@]4(C)CS(=O)(=O)N(C)C(N)=N4)c3)cn2)c(C)o1. The summed E-state index contributed by atoms with van der Waals surface area (Å²) in [6.45, 7) is 4.82. The van der Waals surface area contributed by atoms with Gasteiger partial charge in [-0.1, -0.05) is 0 Å². The third-order valence-corrected chi connectivity index (χ3v) is 7.67. The van der Waals surface area contributed by atoms with Gasteiger partial charge < -0.3 is 14.9 Å². The topological polar surface area (TPSA) is 137 Å². The second-order valence-corrected chi connectivity index (χ2v) is 10.6. The number of nitrogens with two attached hydrogens (primary N) is 1. The highest BCUT2D eigenvalue weighted by Gasteiger charge is 2.42. The highest BCUT2D eigenvalue weighted by Crippen LogP contribution is 2.35. The molecule has 0 aliphatic carbocycles. The fourth-order valence-corrected chi connectivity index (χ4v) is 5.21. The molecular weight excluding hydrogens is 513 g/mol. The number of oxazole rings is 1. The van der Waals surface area contributed by atoms with Crippen molar-refractivity contribution < 1.29 is 30.7 Å². The molecule has 0 fully saturated rings. The Bertz CT molecular complexity index is 1520. The van der Waals surface area contributed by atoms with Gasteiger partial charge in [-0.3, -0.25) is 0 Å². The van der Waals surface area contributed by atoms with E-state index >= 15 is 0 Å². The van der Waals surface area contributed by atoms with E-state index in [0.29, 0.717) is 17.3 Å². The Balaban J connectivity index is 1.59. The molecule has 1 aromatic carbocycles. The van der Waals surface area contributed by atoms with E-state index in [1.807, 2.05) is 0 Å². The van der Waals surface area contributed by atoms with E-state index in [2.05, 4.69) is 19.9 Å². The minimum atomic E-state index is -3.94. The van der Waals surface area contributed by atoms with E-state index in [1.165, 1.54) is 20.2 Å². The quantitative estimate of drug-likeness (QED) is 0.507. The first-order chi connectivity index (χ1) is 17.3. The number of rotatable bonds is 6. The van der Waals surface area contributed by atoms with Crippen molar-refractivity contribution in [1.82, 2.24) is 19.3 Å². The number of sulfonamides is 1. The third kappa shape index (κ3) is 5.28. The minimum absolute atomic E-state index is 0.0738. The van der Waals surface area contributed by atoms with Gasteiger partial charge in [0.15, 0.2) is 23.4 Å². The zero-order valence-electron chi connectivity index (χ0n) is 20.3. The number of hydrogen-bond acceptors (Lipinski definition) is 9. The van der Waals surface area contributed by atoms with Gasteiger partial charge in [-0.2, -0.15) is 0 Å². The molecular formula is C23H23F3N6O4S. The first-order valence-electron chi connectivity index (χ1n) is 10.9. The highest BCUT2D eigenvalue weighted by atomic mass is 32.2. The summed E-state index contributed by atoms with van der Waals surface area (Å²) in [5.41, 5.74) is 3.88. The van der Waals surface area contributed by atoms with Crippen molar-refractivity contribution in [2.75, 3.05) is 12.8 Å². The Kier molecular flexibility index (Phi) is 6.71. The summed E-state index contributed by atoms with van der Waals surface area (Å²) in [5.74, 6) is -3.36. The summed E-state index contributed by atoms with van der Waals surface area (Å²) in [5, 5.41) is 0. The second-order valence-electron chi connectivity index (χ2n) is 8.59. The van der Waals surface area contributed by atoms with Crippen LogP contribution in [0, 0.1) is 25.5 Å². The van der Waals surface area contributed by atoms with Crippen LogP contribution in [0.15, 0.2) is 33.9 Å². The molecule has 0 saturated heterocycles. The molecule has 0 bridgehead atoms. The summed E-state index contributed by atoms with van der Waals surface area (Å²) in [7, 11) is -2.74. The van der Waals surface area contributed by atoms with E-state index in [9.17, 15) is 21.6 Å². The summed E-state index contributed by atoms with van der Waals surface area (Å²) in [6.07, 6.45) is 3.22. The van der Waals surface area contributed by atoms with Crippen molar-refractivity contribution in [3.05, 3.63) is 70.3 Å². The molecule has 0 amide bonds. The Morgan fingerprint density at radius 2 is 2.00 bits per heavy atom. The molecule has 4 rings (SSSR count). The molecule has 196 valence electrons. The maximum Gasteiger partial charge on any atom is 0.239 e. The fourth-order valence-electron chi connectivity index (χ4n) is 3.76. The monoisotopic (exact) mass is 536 g/mol. The molecule has 0 radical (unpaired) electrons. The van der Waals surface area contributed by atoms with Gasteiger partial charge in [0.2, 0.25) is 21.9 Å². The summed E-state index contributed by atoms with van der Waals surface area (Å²) in [4.78, 5) is 16.2. The molecule has 10 nitrogen and oxygen atoms in total. The lowest BCUT2D eigenvalue weighted by Gasteiger charge is -2.34. The summed E-state index contributed by atoms with van der Waals surface area (Å²) in [6, 6.07) is 1.88. The normalized spacial score (nSPS) is 19.6. The van der Waals surface area contributed by atoms with Gasteiger partial charge in [0.25, 0.3) is 0 Å². The average molecular weight is 537 g/mol. The third-order valence-electron chi connectivity index (χ3n) is 5.72. The number of hydrogen-bond donors (Lipinski definition) is 1. The second kappa shape index (κ2) is 9.50. The van der Waals surface area contributed by atoms with Crippen LogP contribution in [0.2, 0.25) is 0 Å². The predicted octanol–water partition coefficient (Wildman–Crippen LogP) is 3.21. The number of aromatic nitrogens is 3. The number of ether oxygens (including phenoxy) is 1. The molecule has 37 heavy (non-hydrogen) atoms. The van der Waals surface area contributed by atoms with Crippen LogP contribution >= 0.6 is 0 Å². The predicted molar refractivity (Wildman–Crippen MR) is 128 cm³/mol. The Labute approximate surface area is 210 Å². The number of aryl methyl sites for hydroxylation is 2. The molecule has 3 aromatic rings. The van der Waals surface area contributed by atoms with Crippen LogP contribution in [-0.2, 0) is 22.2 Å². The molecule has 1 atom stereocenters. The van der Waals surface area contributed by atoms with E-state index in [-0.39, 0.29) is 35.3 Å². The molecule has 2 aromatic heterocycles. The average Bonchev–Trinajstić information content (AvgIpc) is 3.15. The van der Waals surface area contributed by atoms with Gasteiger partial charge >= 0.3 is 0 Å². The highest BCUT2D eigenvalue weighted by molar-refractivity contribution is 7.89. The van der Waals surface area contributed by atoms with E-state index in [0.717, 1.165) is 28.7 Å². The Hall–Kier alpha value is -3.94. The fraction of sp³-hybridized carbons (Fsp3) is 0.304. The van der Waals surface area contributed by atoms with Crippen LogP contribution in [-0.4, -0.2) is 46.4 Å². The molecule has 0 spiro atoms. The van der Waals surface area contributed by atoms with E-state index in [1.54, 1.807) is 13.8 Å². The molecule has 14 heteroatoms. The van der Waals surface area contributed by atoms with Crippen molar-refractivity contribution in [2.45, 2.75) is 32.9 Å². The molecule has 1 aliphatic heterocycles. The number of nitrogens with zero attached hydrogens (tertiary/aromatic N) is 5.